The highest BCUT2D eigenvalue weighted by Gasteiger charge is 2.30. The Bertz CT molecular complexity index is 1900. The Morgan fingerprint density at radius 2 is 1.57 bits per heavy atom. The van der Waals surface area contributed by atoms with Gasteiger partial charge in [-0.2, -0.15) is 0 Å². The van der Waals surface area contributed by atoms with Crippen LogP contribution in [0.1, 0.15) is 32.1 Å². The Morgan fingerprint density at radius 3 is 2.39 bits per heavy atom. The molecule has 0 bridgehead atoms. The van der Waals surface area contributed by atoms with Gasteiger partial charge in [-0.15, -0.1) is 6.58 Å². The van der Waals surface area contributed by atoms with E-state index >= 15 is 0 Å². The first-order valence-electron chi connectivity index (χ1n) is 15.0. The van der Waals surface area contributed by atoms with Crippen molar-refractivity contribution in [2.45, 2.75) is 13.1 Å². The topological polar surface area (TPSA) is 48.8 Å². The first kappa shape index (κ1) is 28.1. The summed E-state index contributed by atoms with van der Waals surface area (Å²) in [4.78, 5) is 33.9. The van der Waals surface area contributed by atoms with Crippen molar-refractivity contribution in [1.82, 2.24) is 14.4 Å². The molecule has 0 N–H and O–H groups in total. The molecule has 2 aliphatic heterocycles. The van der Waals surface area contributed by atoms with Crippen LogP contribution in [0.15, 0.2) is 110 Å². The number of hydrogen-bond acceptors (Lipinski definition) is 3. The first-order valence-corrected chi connectivity index (χ1v) is 15.4. The molecule has 2 aliphatic rings. The molecule has 6 nitrogen and oxygen atoms in total. The minimum Gasteiger partial charge on any atom is -0.335 e. The SMILES string of the molecule is C=CCN1CCN(C(=O)c2ccc3n2Cc2ccccc2N(C(=O)c2ccc(-c4cccc5ccccc45)cc2Cl)C3)CC1. The van der Waals surface area contributed by atoms with Crippen molar-refractivity contribution in [3.05, 3.63) is 137 Å². The van der Waals surface area contributed by atoms with Crippen LogP contribution in [0.25, 0.3) is 21.9 Å². The monoisotopic (exact) mass is 600 g/mol. The number of amides is 2. The number of benzene rings is 4. The van der Waals surface area contributed by atoms with Crippen molar-refractivity contribution in [2.24, 2.45) is 0 Å². The van der Waals surface area contributed by atoms with Crippen molar-refractivity contribution >= 4 is 39.9 Å². The molecule has 0 atom stereocenters. The van der Waals surface area contributed by atoms with Crippen molar-refractivity contribution in [3.63, 3.8) is 0 Å². The van der Waals surface area contributed by atoms with Gasteiger partial charge in [-0.25, -0.2) is 0 Å². The van der Waals surface area contributed by atoms with Gasteiger partial charge in [0.2, 0.25) is 0 Å². The Labute approximate surface area is 262 Å². The zero-order valence-corrected chi connectivity index (χ0v) is 25.2. The van der Waals surface area contributed by atoms with Crippen LogP contribution in [0.4, 0.5) is 5.69 Å². The molecule has 3 heterocycles. The summed E-state index contributed by atoms with van der Waals surface area (Å²) in [6.45, 7) is 8.53. The number of aromatic nitrogens is 1. The normalized spacial score (nSPS) is 15.0. The van der Waals surface area contributed by atoms with Crippen LogP contribution < -0.4 is 4.90 Å². The lowest BCUT2D eigenvalue weighted by Crippen LogP contribution is -2.49. The number of halogens is 1. The molecular weight excluding hydrogens is 568 g/mol. The van der Waals surface area contributed by atoms with Gasteiger partial charge in [0.25, 0.3) is 11.8 Å². The number of fused-ring (bicyclic) bond motifs is 3. The predicted molar refractivity (Wildman–Crippen MR) is 177 cm³/mol. The van der Waals surface area contributed by atoms with Gasteiger partial charge < -0.3 is 14.4 Å². The number of para-hydroxylation sites is 1. The predicted octanol–water partition coefficient (Wildman–Crippen LogP) is 7.11. The third-order valence-electron chi connectivity index (χ3n) is 8.81. The van der Waals surface area contributed by atoms with E-state index in [1.54, 1.807) is 4.90 Å². The highest BCUT2D eigenvalue weighted by Crippen LogP contribution is 2.35. The summed E-state index contributed by atoms with van der Waals surface area (Å²) in [7, 11) is 0. The molecule has 4 aromatic carbocycles. The molecule has 0 unspecified atom stereocenters. The number of piperazine rings is 1. The lowest BCUT2D eigenvalue weighted by atomic mass is 9.97. The third-order valence-corrected chi connectivity index (χ3v) is 9.13. The second-order valence-corrected chi connectivity index (χ2v) is 11.8. The van der Waals surface area contributed by atoms with Crippen molar-refractivity contribution in [2.75, 3.05) is 37.6 Å². The molecule has 0 saturated carbocycles. The number of carbonyl (C=O) groups excluding carboxylic acids is 2. The quantitative estimate of drug-likeness (QED) is 0.202. The number of nitrogens with zero attached hydrogens (tertiary/aromatic N) is 4. The van der Waals surface area contributed by atoms with Gasteiger partial charge in [0.1, 0.15) is 5.69 Å². The highest BCUT2D eigenvalue weighted by molar-refractivity contribution is 6.35. The Morgan fingerprint density at radius 1 is 0.795 bits per heavy atom. The van der Waals surface area contributed by atoms with Gasteiger partial charge >= 0.3 is 0 Å². The molecule has 7 rings (SSSR count). The number of anilines is 1. The average molecular weight is 601 g/mol. The van der Waals surface area contributed by atoms with Crippen molar-refractivity contribution in [1.29, 1.82) is 0 Å². The van der Waals surface area contributed by atoms with Crippen LogP contribution in [-0.2, 0) is 13.1 Å². The Balaban J connectivity index is 1.19. The molecule has 0 aliphatic carbocycles. The molecule has 5 aromatic rings. The lowest BCUT2D eigenvalue weighted by Gasteiger charge is -2.34. The Hall–Kier alpha value is -4.65. The summed E-state index contributed by atoms with van der Waals surface area (Å²) in [6, 6.07) is 31.9. The zero-order chi connectivity index (χ0) is 30.2. The third kappa shape index (κ3) is 5.10. The van der Waals surface area contributed by atoms with E-state index in [9.17, 15) is 9.59 Å². The van der Waals surface area contributed by atoms with Crippen molar-refractivity contribution < 1.29 is 9.59 Å². The number of hydrogen-bond donors (Lipinski definition) is 0. The molecule has 1 saturated heterocycles. The van der Waals surface area contributed by atoms with Crippen LogP contribution in [-0.4, -0.2) is 58.9 Å². The average Bonchev–Trinajstić information content (AvgIpc) is 3.37. The number of carbonyl (C=O) groups is 2. The van der Waals surface area contributed by atoms with Crippen LogP contribution in [0, 0.1) is 0 Å². The van der Waals surface area contributed by atoms with Gasteiger partial charge in [-0.3, -0.25) is 14.5 Å². The van der Waals surface area contributed by atoms with E-state index in [1.807, 2.05) is 83.8 Å². The smallest absolute Gasteiger partial charge is 0.270 e. The summed E-state index contributed by atoms with van der Waals surface area (Å²) in [6.07, 6.45) is 1.90. The molecule has 1 aromatic heterocycles. The van der Waals surface area contributed by atoms with E-state index < -0.39 is 0 Å². The minimum absolute atomic E-state index is 0.0267. The zero-order valence-electron chi connectivity index (χ0n) is 24.5. The molecule has 220 valence electrons. The molecule has 1 fully saturated rings. The van der Waals surface area contributed by atoms with E-state index in [2.05, 4.69) is 40.3 Å². The van der Waals surface area contributed by atoms with Crippen LogP contribution in [0.5, 0.6) is 0 Å². The standard InChI is InChI=1S/C37H33ClN4O2/c1-2-18-39-19-21-40(22-20-39)37(44)35-17-15-29-25-42(34-13-6-4-9-28(34)24-41(29)35)36(43)32-16-14-27(23-33(32)38)31-12-7-10-26-8-3-5-11-30(26)31/h2-17,23H,1,18-22,24-25H2. The summed E-state index contributed by atoms with van der Waals surface area (Å²) >= 11 is 6.86. The first-order chi connectivity index (χ1) is 21.5. The van der Waals surface area contributed by atoms with E-state index in [0.717, 1.165) is 58.5 Å². The van der Waals surface area contributed by atoms with Gasteiger partial charge in [0, 0.05) is 44.1 Å². The second-order valence-electron chi connectivity index (χ2n) is 11.4. The fourth-order valence-electron chi connectivity index (χ4n) is 6.48. The van der Waals surface area contributed by atoms with E-state index in [0.29, 0.717) is 42.5 Å². The van der Waals surface area contributed by atoms with Gasteiger partial charge in [0.15, 0.2) is 0 Å². The van der Waals surface area contributed by atoms with E-state index in [1.165, 1.54) is 0 Å². The highest BCUT2D eigenvalue weighted by atomic mass is 35.5. The maximum Gasteiger partial charge on any atom is 0.270 e. The second kappa shape index (κ2) is 11.8. The molecular formula is C37H33ClN4O2. The Kier molecular flexibility index (Phi) is 7.54. The maximum atomic E-state index is 14.2. The maximum absolute atomic E-state index is 14.2. The molecule has 0 spiro atoms. The van der Waals surface area contributed by atoms with Gasteiger partial charge in [-0.1, -0.05) is 84.4 Å². The van der Waals surface area contributed by atoms with Crippen molar-refractivity contribution in [3.8, 4) is 11.1 Å². The lowest BCUT2D eigenvalue weighted by molar-refractivity contribution is 0.0639. The summed E-state index contributed by atoms with van der Waals surface area (Å²) in [5, 5.41) is 2.69. The van der Waals surface area contributed by atoms with Crippen LogP contribution >= 0.6 is 11.6 Å². The molecule has 44 heavy (non-hydrogen) atoms. The molecule has 7 heteroatoms. The molecule has 0 radical (unpaired) electrons. The van der Waals surface area contributed by atoms with Crippen LogP contribution in [0.2, 0.25) is 5.02 Å². The van der Waals surface area contributed by atoms with Gasteiger partial charge in [0.05, 0.1) is 23.7 Å². The van der Waals surface area contributed by atoms with Gasteiger partial charge in [-0.05, 0) is 57.8 Å². The fourth-order valence-corrected chi connectivity index (χ4v) is 6.75. The van der Waals surface area contributed by atoms with E-state index in [-0.39, 0.29) is 11.8 Å². The summed E-state index contributed by atoms with van der Waals surface area (Å²) in [5.74, 6) is -0.147. The van der Waals surface area contributed by atoms with E-state index in [4.69, 9.17) is 11.6 Å². The van der Waals surface area contributed by atoms with Crippen LogP contribution in [0.3, 0.4) is 0 Å². The summed E-state index contributed by atoms with van der Waals surface area (Å²) < 4.78 is 2.07. The molecule has 2 amide bonds. The summed E-state index contributed by atoms with van der Waals surface area (Å²) in [5.41, 5.74) is 5.84. The minimum atomic E-state index is -0.173. The largest absolute Gasteiger partial charge is 0.335 e. The fraction of sp³-hybridized carbons (Fsp3) is 0.189. The number of rotatable bonds is 5.